The van der Waals surface area contributed by atoms with Crippen molar-refractivity contribution >= 4 is 27.5 Å². The standard InChI is InChI=1S/C43H42BrClO6/c44-24-34-23-36(35-21-22-47-39(35)38(34)45)40-42(49-27-32-17-9-3-10-18-32)43(50-28-33-19-11-4-12-20-33)41(48-26-31-15-7-2-8-16-31)37(51-40)29-46-25-30-13-5-1-6-14-30/h1-20,23,37,40-43H,21-22,24-29H2. The first-order valence-corrected chi connectivity index (χ1v) is 18.9. The van der Waals surface area contributed by atoms with E-state index in [2.05, 4.69) is 70.5 Å². The van der Waals surface area contributed by atoms with Crippen LogP contribution in [0.3, 0.4) is 0 Å². The van der Waals surface area contributed by atoms with E-state index in [1.807, 2.05) is 72.8 Å². The average Bonchev–Trinajstić information content (AvgIpc) is 3.69. The van der Waals surface area contributed by atoms with Crippen LogP contribution >= 0.6 is 27.5 Å². The molecule has 0 N–H and O–H groups in total. The van der Waals surface area contributed by atoms with Gasteiger partial charge in [0.2, 0.25) is 0 Å². The van der Waals surface area contributed by atoms with Gasteiger partial charge in [0.15, 0.2) is 0 Å². The SMILES string of the molecule is Clc1c(CBr)cc(C2OC(COCc3ccccc3)C(OCc3ccccc3)C(OCc3ccccc3)C2OCc2ccccc2)c2c1OCC2. The first-order chi connectivity index (χ1) is 25.2. The van der Waals surface area contributed by atoms with Crippen LogP contribution in [-0.4, -0.2) is 37.6 Å². The summed E-state index contributed by atoms with van der Waals surface area (Å²) in [5.74, 6) is 0.718. The molecule has 5 atom stereocenters. The minimum absolute atomic E-state index is 0.291. The molecule has 6 nitrogen and oxygen atoms in total. The summed E-state index contributed by atoms with van der Waals surface area (Å²) < 4.78 is 40.5. The van der Waals surface area contributed by atoms with Crippen molar-refractivity contribution < 1.29 is 28.4 Å². The van der Waals surface area contributed by atoms with Gasteiger partial charge in [-0.3, -0.25) is 0 Å². The molecule has 8 heteroatoms. The summed E-state index contributed by atoms with van der Waals surface area (Å²) in [6, 6.07) is 42.9. The van der Waals surface area contributed by atoms with Gasteiger partial charge in [-0.05, 0) is 33.4 Å². The Balaban J connectivity index is 1.29. The van der Waals surface area contributed by atoms with Crippen molar-refractivity contribution in [3.05, 3.63) is 171 Å². The van der Waals surface area contributed by atoms with Gasteiger partial charge in [-0.25, -0.2) is 0 Å². The quantitative estimate of drug-likeness (QED) is 0.0990. The first kappa shape index (κ1) is 35.9. The molecule has 5 unspecified atom stereocenters. The third-order valence-electron chi connectivity index (χ3n) is 9.37. The Hall–Kier alpha value is -3.53. The molecule has 1 fully saturated rings. The van der Waals surface area contributed by atoms with E-state index in [1.54, 1.807) is 0 Å². The molecular formula is C43H42BrClO6. The maximum atomic E-state index is 7.19. The highest BCUT2D eigenvalue weighted by Crippen LogP contribution is 2.46. The van der Waals surface area contributed by atoms with Gasteiger partial charge in [0.1, 0.15) is 36.3 Å². The largest absolute Gasteiger partial charge is 0.491 e. The lowest BCUT2D eigenvalue weighted by Gasteiger charge is -2.47. The molecule has 5 aromatic carbocycles. The van der Waals surface area contributed by atoms with Crippen LogP contribution in [0.1, 0.15) is 45.0 Å². The highest BCUT2D eigenvalue weighted by atomic mass is 79.9. The van der Waals surface area contributed by atoms with Gasteiger partial charge in [0.05, 0.1) is 44.7 Å². The molecule has 2 heterocycles. The predicted molar refractivity (Wildman–Crippen MR) is 202 cm³/mol. The van der Waals surface area contributed by atoms with Crippen molar-refractivity contribution in [3.8, 4) is 5.75 Å². The van der Waals surface area contributed by atoms with E-state index < -0.39 is 30.5 Å². The van der Waals surface area contributed by atoms with Gasteiger partial charge < -0.3 is 28.4 Å². The molecule has 5 aromatic rings. The van der Waals surface area contributed by atoms with Crippen LogP contribution in [0.25, 0.3) is 0 Å². The maximum absolute atomic E-state index is 7.19. The molecule has 0 spiro atoms. The Morgan fingerprint density at radius 2 is 1.12 bits per heavy atom. The molecule has 7 rings (SSSR count). The number of halogens is 2. The van der Waals surface area contributed by atoms with Crippen LogP contribution in [0, 0.1) is 0 Å². The summed E-state index contributed by atoms with van der Waals surface area (Å²) in [7, 11) is 0. The molecule has 0 bridgehead atoms. The predicted octanol–water partition coefficient (Wildman–Crippen LogP) is 9.58. The van der Waals surface area contributed by atoms with E-state index in [4.69, 9.17) is 40.0 Å². The lowest BCUT2D eigenvalue weighted by molar-refractivity contribution is -0.275. The van der Waals surface area contributed by atoms with Crippen molar-refractivity contribution in [2.75, 3.05) is 13.2 Å². The Morgan fingerprint density at radius 3 is 1.65 bits per heavy atom. The van der Waals surface area contributed by atoms with Crippen molar-refractivity contribution in [2.24, 2.45) is 0 Å². The Labute approximate surface area is 313 Å². The molecular weight excluding hydrogens is 728 g/mol. The second-order valence-electron chi connectivity index (χ2n) is 12.9. The van der Waals surface area contributed by atoms with E-state index in [0.717, 1.165) is 51.1 Å². The lowest BCUT2D eigenvalue weighted by atomic mass is 9.87. The van der Waals surface area contributed by atoms with E-state index in [1.165, 1.54) is 0 Å². The van der Waals surface area contributed by atoms with E-state index in [-0.39, 0.29) is 0 Å². The second-order valence-corrected chi connectivity index (χ2v) is 13.8. The molecule has 264 valence electrons. The molecule has 0 aliphatic carbocycles. The van der Waals surface area contributed by atoms with Gasteiger partial charge in [-0.2, -0.15) is 0 Å². The van der Waals surface area contributed by atoms with Crippen molar-refractivity contribution in [1.29, 1.82) is 0 Å². The zero-order chi connectivity index (χ0) is 34.8. The monoisotopic (exact) mass is 768 g/mol. The maximum Gasteiger partial charge on any atom is 0.141 e. The van der Waals surface area contributed by atoms with Crippen LogP contribution < -0.4 is 4.74 Å². The summed E-state index contributed by atoms with van der Waals surface area (Å²) in [4.78, 5) is 0. The summed E-state index contributed by atoms with van der Waals surface area (Å²) in [6.45, 7) is 2.41. The topological polar surface area (TPSA) is 55.4 Å². The van der Waals surface area contributed by atoms with Crippen LogP contribution in [-0.2, 0) is 61.9 Å². The first-order valence-electron chi connectivity index (χ1n) is 17.4. The van der Waals surface area contributed by atoms with E-state index >= 15 is 0 Å². The number of alkyl halides is 1. The molecule has 51 heavy (non-hydrogen) atoms. The van der Waals surface area contributed by atoms with Crippen molar-refractivity contribution in [2.45, 2.75) is 68.7 Å². The number of rotatable bonds is 15. The summed E-state index contributed by atoms with van der Waals surface area (Å²) in [5, 5.41) is 1.20. The fraction of sp³-hybridized carbons (Fsp3) is 0.302. The zero-order valence-electron chi connectivity index (χ0n) is 28.4. The van der Waals surface area contributed by atoms with Crippen LogP contribution in [0.4, 0.5) is 0 Å². The zero-order valence-corrected chi connectivity index (χ0v) is 30.7. The van der Waals surface area contributed by atoms with E-state index in [9.17, 15) is 0 Å². The van der Waals surface area contributed by atoms with Gasteiger partial charge in [-0.1, -0.05) is 155 Å². The Bertz CT molecular complexity index is 1810. The fourth-order valence-corrected chi connectivity index (χ4v) is 7.70. The molecule has 0 aromatic heterocycles. The number of ether oxygens (including phenoxy) is 6. The van der Waals surface area contributed by atoms with E-state index in [0.29, 0.717) is 50.0 Å². The molecule has 2 aliphatic rings. The van der Waals surface area contributed by atoms with Crippen LogP contribution in [0.5, 0.6) is 5.75 Å². The number of benzene rings is 5. The van der Waals surface area contributed by atoms with Gasteiger partial charge in [0.25, 0.3) is 0 Å². The van der Waals surface area contributed by atoms with Gasteiger partial charge in [-0.15, -0.1) is 0 Å². The second kappa shape index (κ2) is 17.8. The van der Waals surface area contributed by atoms with Crippen LogP contribution in [0.15, 0.2) is 127 Å². The van der Waals surface area contributed by atoms with Gasteiger partial charge in [0, 0.05) is 17.3 Å². The number of fused-ring (bicyclic) bond motifs is 1. The highest BCUT2D eigenvalue weighted by molar-refractivity contribution is 9.08. The minimum Gasteiger partial charge on any atom is -0.491 e. The molecule has 1 saturated heterocycles. The summed E-state index contributed by atoms with van der Waals surface area (Å²) in [6.07, 6.45) is -1.88. The smallest absolute Gasteiger partial charge is 0.141 e. The Morgan fingerprint density at radius 1 is 0.627 bits per heavy atom. The average molecular weight is 770 g/mol. The third kappa shape index (κ3) is 8.93. The number of hydrogen-bond donors (Lipinski definition) is 0. The molecule has 0 saturated carbocycles. The molecule has 0 amide bonds. The van der Waals surface area contributed by atoms with Crippen molar-refractivity contribution in [1.82, 2.24) is 0 Å². The minimum atomic E-state index is -0.547. The normalized spacial score (nSPS) is 21.3. The van der Waals surface area contributed by atoms with Crippen molar-refractivity contribution in [3.63, 3.8) is 0 Å². The van der Waals surface area contributed by atoms with Gasteiger partial charge >= 0.3 is 0 Å². The fourth-order valence-electron chi connectivity index (χ4n) is 6.80. The molecule has 0 radical (unpaired) electrons. The van der Waals surface area contributed by atoms with Crippen LogP contribution in [0.2, 0.25) is 5.02 Å². The summed E-state index contributed by atoms with van der Waals surface area (Å²) >= 11 is 10.5. The highest BCUT2D eigenvalue weighted by Gasteiger charge is 2.50. The molecule has 2 aliphatic heterocycles. The number of hydrogen-bond acceptors (Lipinski definition) is 6. The lowest BCUT2D eigenvalue weighted by Crippen LogP contribution is -2.58. The summed E-state index contributed by atoms with van der Waals surface area (Å²) in [5.41, 5.74) is 7.21. The Kier molecular flexibility index (Phi) is 12.5. The third-order valence-corrected chi connectivity index (χ3v) is 10.4.